The summed E-state index contributed by atoms with van der Waals surface area (Å²) in [6.07, 6.45) is 6.46. The highest BCUT2D eigenvalue weighted by Crippen LogP contribution is 2.14. The van der Waals surface area contributed by atoms with E-state index in [4.69, 9.17) is 13.3 Å². The van der Waals surface area contributed by atoms with E-state index in [-0.39, 0.29) is 0 Å². The summed E-state index contributed by atoms with van der Waals surface area (Å²) in [6.45, 7) is 11.9. The van der Waals surface area contributed by atoms with E-state index >= 15 is 0 Å². The Kier molecular flexibility index (Phi) is 10.4. The molecule has 0 aliphatic carbocycles. The van der Waals surface area contributed by atoms with Crippen LogP contribution in [0.5, 0.6) is 0 Å². The van der Waals surface area contributed by atoms with Crippen molar-refractivity contribution in [3.8, 4) is 0 Å². The van der Waals surface area contributed by atoms with Crippen LogP contribution in [-0.4, -0.2) is 28.6 Å². The first-order valence-corrected chi connectivity index (χ1v) is 8.27. The second-order valence-electron chi connectivity index (χ2n) is 3.74. The summed E-state index contributed by atoms with van der Waals surface area (Å²) < 4.78 is 17.5. The van der Waals surface area contributed by atoms with Gasteiger partial charge >= 0.3 is 8.80 Å². The fourth-order valence-electron chi connectivity index (χ4n) is 1.19. The van der Waals surface area contributed by atoms with Crippen LogP contribution in [0, 0.1) is 0 Å². The second kappa shape index (κ2) is 10.7. The van der Waals surface area contributed by atoms with Gasteiger partial charge in [-0.25, -0.2) is 0 Å². The molecule has 0 aromatic carbocycles. The third kappa shape index (κ3) is 7.49. The predicted octanol–water partition coefficient (Wildman–Crippen LogP) is 3.49. The zero-order chi connectivity index (χ0) is 13.0. The Bertz CT molecular complexity index is 195. The maximum atomic E-state index is 5.85. The molecule has 0 heterocycles. The molecule has 0 N–H and O–H groups in total. The third-order valence-corrected chi connectivity index (χ3v) is 4.38. The van der Waals surface area contributed by atoms with E-state index in [0.717, 1.165) is 19.3 Å². The fourth-order valence-corrected chi connectivity index (χ4v) is 3.56. The van der Waals surface area contributed by atoms with Gasteiger partial charge in [0.05, 0.1) is 0 Å². The largest absolute Gasteiger partial charge is 0.529 e. The SMILES string of the molecule is C=CC=C[Si](OCCC)(OCCC)OCCC. The van der Waals surface area contributed by atoms with Gasteiger partial charge in [0.15, 0.2) is 0 Å². The highest BCUT2D eigenvalue weighted by atomic mass is 28.4. The minimum absolute atomic E-state index is 0.668. The van der Waals surface area contributed by atoms with Crippen molar-refractivity contribution in [2.24, 2.45) is 0 Å². The molecule has 0 bridgehead atoms. The summed E-state index contributed by atoms with van der Waals surface area (Å²) >= 11 is 0. The minimum Gasteiger partial charge on any atom is -0.370 e. The molecule has 0 unspecified atom stereocenters. The van der Waals surface area contributed by atoms with Crippen LogP contribution < -0.4 is 0 Å². The molecule has 0 radical (unpaired) electrons. The summed E-state index contributed by atoms with van der Waals surface area (Å²) in [4.78, 5) is 0. The summed E-state index contributed by atoms with van der Waals surface area (Å²) in [5.41, 5.74) is 1.92. The lowest BCUT2D eigenvalue weighted by Gasteiger charge is -2.26. The molecule has 0 fully saturated rings. The molecule has 4 heteroatoms. The van der Waals surface area contributed by atoms with Crippen LogP contribution in [0.3, 0.4) is 0 Å². The molecule has 0 aliphatic heterocycles. The molecule has 0 aromatic heterocycles. The van der Waals surface area contributed by atoms with E-state index in [1.807, 2.05) is 11.8 Å². The van der Waals surface area contributed by atoms with Crippen molar-refractivity contribution in [3.05, 3.63) is 24.4 Å². The van der Waals surface area contributed by atoms with Crippen LogP contribution in [0.2, 0.25) is 0 Å². The van der Waals surface area contributed by atoms with Gasteiger partial charge in [-0.2, -0.15) is 0 Å². The molecule has 0 saturated heterocycles. The standard InChI is InChI=1S/C13H26O3Si/c1-5-9-13-17(14-10-6-2,15-11-7-3)16-12-8-4/h5,9,13H,1,6-8,10-12H2,2-4H3. The number of allylic oxidation sites excluding steroid dienone is 2. The van der Waals surface area contributed by atoms with E-state index in [1.165, 1.54) is 0 Å². The Morgan fingerprint density at radius 3 is 1.59 bits per heavy atom. The molecule has 0 amide bonds. The summed E-state index contributed by atoms with van der Waals surface area (Å²) in [5.74, 6) is 0. The Hall–Kier alpha value is -0.423. The van der Waals surface area contributed by atoms with Gasteiger partial charge in [0.25, 0.3) is 0 Å². The quantitative estimate of drug-likeness (QED) is 0.419. The predicted molar refractivity (Wildman–Crippen MR) is 73.8 cm³/mol. The van der Waals surface area contributed by atoms with Crippen LogP contribution in [0.15, 0.2) is 24.4 Å². The van der Waals surface area contributed by atoms with Gasteiger partial charge in [0, 0.05) is 19.8 Å². The second-order valence-corrected chi connectivity index (χ2v) is 6.15. The van der Waals surface area contributed by atoms with Crippen molar-refractivity contribution in [3.63, 3.8) is 0 Å². The van der Waals surface area contributed by atoms with Crippen molar-refractivity contribution < 1.29 is 13.3 Å². The number of rotatable bonds is 11. The molecular formula is C13H26O3Si. The topological polar surface area (TPSA) is 27.7 Å². The van der Waals surface area contributed by atoms with Crippen LogP contribution in [-0.2, 0) is 13.3 Å². The number of hydrogen-bond acceptors (Lipinski definition) is 3. The van der Waals surface area contributed by atoms with Crippen LogP contribution in [0.1, 0.15) is 40.0 Å². The lowest BCUT2D eigenvalue weighted by Crippen LogP contribution is -2.45. The Morgan fingerprint density at radius 2 is 1.29 bits per heavy atom. The zero-order valence-corrected chi connectivity index (χ0v) is 12.4. The first-order chi connectivity index (χ1) is 8.24. The van der Waals surface area contributed by atoms with Gasteiger partial charge in [-0.15, -0.1) is 0 Å². The van der Waals surface area contributed by atoms with Crippen molar-refractivity contribution in [1.82, 2.24) is 0 Å². The van der Waals surface area contributed by atoms with Gasteiger partial charge in [0.1, 0.15) is 0 Å². The third-order valence-electron chi connectivity index (χ3n) is 1.96. The van der Waals surface area contributed by atoms with Crippen LogP contribution in [0.25, 0.3) is 0 Å². The van der Waals surface area contributed by atoms with E-state index in [2.05, 4.69) is 27.4 Å². The Balaban J connectivity index is 4.62. The maximum absolute atomic E-state index is 5.85. The molecule has 0 rings (SSSR count). The molecule has 0 saturated carbocycles. The summed E-state index contributed by atoms with van der Waals surface area (Å²) in [7, 11) is -2.63. The zero-order valence-electron chi connectivity index (χ0n) is 11.4. The first-order valence-electron chi connectivity index (χ1n) is 6.46. The molecule has 3 nitrogen and oxygen atoms in total. The van der Waals surface area contributed by atoms with Crippen LogP contribution in [0.4, 0.5) is 0 Å². The van der Waals surface area contributed by atoms with Crippen molar-refractivity contribution in [2.75, 3.05) is 19.8 Å². The lowest BCUT2D eigenvalue weighted by molar-refractivity contribution is 0.0716. The fraction of sp³-hybridized carbons (Fsp3) is 0.692. The monoisotopic (exact) mass is 258 g/mol. The summed E-state index contributed by atoms with van der Waals surface area (Å²) in [6, 6.07) is 0. The lowest BCUT2D eigenvalue weighted by atomic mass is 10.5. The average molecular weight is 258 g/mol. The van der Waals surface area contributed by atoms with Gasteiger partial charge in [0.2, 0.25) is 0 Å². The molecule has 0 spiro atoms. The van der Waals surface area contributed by atoms with E-state index < -0.39 is 8.80 Å². The minimum atomic E-state index is -2.63. The molecule has 17 heavy (non-hydrogen) atoms. The molecule has 0 aliphatic rings. The highest BCUT2D eigenvalue weighted by Gasteiger charge is 2.37. The van der Waals surface area contributed by atoms with Gasteiger partial charge in [-0.3, -0.25) is 0 Å². The molecular weight excluding hydrogens is 232 g/mol. The van der Waals surface area contributed by atoms with Gasteiger partial charge in [-0.1, -0.05) is 39.5 Å². The highest BCUT2D eigenvalue weighted by molar-refractivity contribution is 6.66. The van der Waals surface area contributed by atoms with E-state index in [0.29, 0.717) is 19.8 Å². The summed E-state index contributed by atoms with van der Waals surface area (Å²) in [5, 5.41) is 0. The average Bonchev–Trinajstić information content (AvgIpc) is 2.37. The maximum Gasteiger partial charge on any atom is 0.529 e. The molecule has 0 aromatic rings. The first kappa shape index (κ1) is 16.6. The number of hydrogen-bond donors (Lipinski definition) is 0. The normalized spacial score (nSPS) is 12.2. The smallest absolute Gasteiger partial charge is 0.370 e. The van der Waals surface area contributed by atoms with Crippen molar-refractivity contribution >= 4 is 8.80 Å². The molecule has 0 atom stereocenters. The van der Waals surface area contributed by atoms with Gasteiger partial charge in [-0.05, 0) is 25.0 Å². The van der Waals surface area contributed by atoms with E-state index in [9.17, 15) is 0 Å². The molecule has 100 valence electrons. The van der Waals surface area contributed by atoms with Crippen molar-refractivity contribution in [2.45, 2.75) is 40.0 Å². The Labute approximate surface area is 107 Å². The van der Waals surface area contributed by atoms with E-state index in [1.54, 1.807) is 6.08 Å². The van der Waals surface area contributed by atoms with Crippen LogP contribution >= 0.6 is 0 Å². The Morgan fingerprint density at radius 1 is 0.882 bits per heavy atom. The van der Waals surface area contributed by atoms with Crippen molar-refractivity contribution in [1.29, 1.82) is 0 Å². The van der Waals surface area contributed by atoms with Gasteiger partial charge < -0.3 is 13.3 Å².